The maximum atomic E-state index is 13.1. The highest BCUT2D eigenvalue weighted by Gasteiger charge is 2.34. The van der Waals surface area contributed by atoms with Crippen molar-refractivity contribution in [3.05, 3.63) is 64.7 Å². The lowest BCUT2D eigenvalue weighted by Crippen LogP contribution is -2.48. The molecule has 2 aromatic carbocycles. The summed E-state index contributed by atoms with van der Waals surface area (Å²) in [4.78, 5) is 39.7. The summed E-state index contributed by atoms with van der Waals surface area (Å²) in [6, 6.07) is 13.0. The summed E-state index contributed by atoms with van der Waals surface area (Å²) in [5.41, 5.74) is 1.42. The molecule has 2 atom stereocenters. The van der Waals surface area contributed by atoms with E-state index in [1.54, 1.807) is 53.4 Å². The van der Waals surface area contributed by atoms with Gasteiger partial charge in [-0.1, -0.05) is 24.6 Å². The molecule has 30 heavy (non-hydrogen) atoms. The molecule has 1 fully saturated rings. The highest BCUT2D eigenvalue weighted by Crippen LogP contribution is 2.22. The molecule has 0 saturated carbocycles. The van der Waals surface area contributed by atoms with Gasteiger partial charge in [0.05, 0.1) is 0 Å². The minimum atomic E-state index is -0.459. The Hall–Kier alpha value is -2.86. The van der Waals surface area contributed by atoms with Crippen molar-refractivity contribution in [3.63, 3.8) is 0 Å². The molecule has 3 amide bonds. The number of benzene rings is 2. The van der Waals surface area contributed by atoms with Gasteiger partial charge in [0, 0.05) is 34.4 Å². The number of halogens is 1. The molecule has 2 aromatic rings. The van der Waals surface area contributed by atoms with Gasteiger partial charge in [-0.25, -0.2) is 0 Å². The zero-order valence-electron chi connectivity index (χ0n) is 17.2. The molecule has 1 aliphatic heterocycles. The Morgan fingerprint density at radius 2 is 1.87 bits per heavy atom. The van der Waals surface area contributed by atoms with Crippen LogP contribution >= 0.6 is 11.6 Å². The van der Waals surface area contributed by atoms with Crippen molar-refractivity contribution in [2.24, 2.45) is 0 Å². The van der Waals surface area contributed by atoms with Gasteiger partial charge in [-0.2, -0.15) is 0 Å². The average Bonchev–Trinajstić information content (AvgIpc) is 3.23. The fourth-order valence-electron chi connectivity index (χ4n) is 3.42. The van der Waals surface area contributed by atoms with Crippen LogP contribution < -0.4 is 10.6 Å². The molecule has 158 valence electrons. The van der Waals surface area contributed by atoms with Crippen molar-refractivity contribution in [3.8, 4) is 0 Å². The third kappa shape index (κ3) is 5.19. The minimum absolute atomic E-state index is 0.0708. The first-order valence-electron chi connectivity index (χ1n) is 10.2. The van der Waals surface area contributed by atoms with Gasteiger partial charge in [0.1, 0.15) is 6.04 Å². The second-order valence-corrected chi connectivity index (χ2v) is 7.95. The molecule has 7 heteroatoms. The van der Waals surface area contributed by atoms with Crippen molar-refractivity contribution < 1.29 is 14.4 Å². The first-order valence-corrected chi connectivity index (χ1v) is 10.5. The highest BCUT2D eigenvalue weighted by molar-refractivity contribution is 6.30. The zero-order chi connectivity index (χ0) is 21.7. The van der Waals surface area contributed by atoms with E-state index in [4.69, 9.17) is 11.6 Å². The predicted molar refractivity (Wildman–Crippen MR) is 118 cm³/mol. The number of likely N-dealkylation sites (tertiary alicyclic amines) is 1. The Morgan fingerprint density at radius 3 is 2.57 bits per heavy atom. The molecule has 0 aliphatic carbocycles. The summed E-state index contributed by atoms with van der Waals surface area (Å²) < 4.78 is 0. The molecule has 3 rings (SSSR count). The zero-order valence-corrected chi connectivity index (χ0v) is 17.9. The van der Waals surface area contributed by atoms with Crippen LogP contribution in [0.15, 0.2) is 48.5 Å². The SMILES string of the molecule is CC[C@H](C)NC(=O)[C@@H]1CCCN1C(=O)c1cccc(NC(=O)c2ccc(Cl)cc2)c1. The molecule has 0 spiro atoms. The van der Waals surface area contributed by atoms with Crippen LogP contribution in [0.2, 0.25) is 5.02 Å². The smallest absolute Gasteiger partial charge is 0.255 e. The molecule has 6 nitrogen and oxygen atoms in total. The number of rotatable bonds is 6. The summed E-state index contributed by atoms with van der Waals surface area (Å²) >= 11 is 5.86. The van der Waals surface area contributed by atoms with Crippen molar-refractivity contribution in [1.29, 1.82) is 0 Å². The maximum absolute atomic E-state index is 13.1. The number of anilines is 1. The van der Waals surface area contributed by atoms with E-state index in [1.165, 1.54) is 0 Å². The van der Waals surface area contributed by atoms with E-state index >= 15 is 0 Å². The van der Waals surface area contributed by atoms with E-state index < -0.39 is 6.04 Å². The van der Waals surface area contributed by atoms with Gasteiger partial charge in [-0.3, -0.25) is 14.4 Å². The number of carbonyl (C=O) groups excluding carboxylic acids is 3. The van der Waals surface area contributed by atoms with E-state index in [2.05, 4.69) is 10.6 Å². The Balaban J connectivity index is 1.71. The Morgan fingerprint density at radius 1 is 1.13 bits per heavy atom. The quantitative estimate of drug-likeness (QED) is 0.728. The lowest BCUT2D eigenvalue weighted by molar-refractivity contribution is -0.125. The monoisotopic (exact) mass is 427 g/mol. The van der Waals surface area contributed by atoms with Gasteiger partial charge in [-0.05, 0) is 68.7 Å². The normalized spacial score (nSPS) is 16.8. The van der Waals surface area contributed by atoms with E-state index in [0.29, 0.717) is 34.8 Å². The van der Waals surface area contributed by atoms with Gasteiger partial charge in [0.25, 0.3) is 11.8 Å². The summed E-state index contributed by atoms with van der Waals surface area (Å²) in [5, 5.41) is 6.32. The molecular formula is C23H26ClN3O3. The number of amides is 3. The lowest BCUT2D eigenvalue weighted by Gasteiger charge is -2.25. The van der Waals surface area contributed by atoms with Gasteiger partial charge >= 0.3 is 0 Å². The number of hydrogen-bond donors (Lipinski definition) is 2. The average molecular weight is 428 g/mol. The van der Waals surface area contributed by atoms with Crippen LogP contribution in [-0.2, 0) is 4.79 Å². The maximum Gasteiger partial charge on any atom is 0.255 e. The number of nitrogens with one attached hydrogen (secondary N) is 2. The van der Waals surface area contributed by atoms with Gasteiger partial charge < -0.3 is 15.5 Å². The van der Waals surface area contributed by atoms with Crippen LogP contribution in [0.5, 0.6) is 0 Å². The summed E-state index contributed by atoms with van der Waals surface area (Å²) in [7, 11) is 0. The molecule has 1 saturated heterocycles. The summed E-state index contributed by atoms with van der Waals surface area (Å²) in [6.45, 7) is 4.50. The third-order valence-electron chi connectivity index (χ3n) is 5.29. The molecular weight excluding hydrogens is 402 g/mol. The van der Waals surface area contributed by atoms with Crippen LogP contribution in [0, 0.1) is 0 Å². The molecule has 1 aliphatic rings. The van der Waals surface area contributed by atoms with E-state index in [-0.39, 0.29) is 23.8 Å². The highest BCUT2D eigenvalue weighted by atomic mass is 35.5. The summed E-state index contributed by atoms with van der Waals surface area (Å²) in [6.07, 6.45) is 2.28. The van der Waals surface area contributed by atoms with Crippen LogP contribution in [-0.4, -0.2) is 41.2 Å². The minimum Gasteiger partial charge on any atom is -0.352 e. The molecule has 1 heterocycles. The second-order valence-electron chi connectivity index (χ2n) is 7.52. The standard InChI is InChI=1S/C23H26ClN3O3/c1-3-15(2)25-22(29)20-8-5-13-27(20)23(30)17-6-4-7-19(14-17)26-21(28)16-9-11-18(24)12-10-16/h4,6-7,9-12,14-15,20H,3,5,8,13H2,1-2H3,(H,25,29)(H,26,28)/t15-,20-/m0/s1. The van der Waals surface area contributed by atoms with Gasteiger partial charge in [-0.15, -0.1) is 0 Å². The number of nitrogens with zero attached hydrogens (tertiary/aromatic N) is 1. The Kier molecular flexibility index (Phi) is 7.11. The van der Waals surface area contributed by atoms with Crippen molar-refractivity contribution in [2.75, 3.05) is 11.9 Å². The topological polar surface area (TPSA) is 78.5 Å². The molecule has 2 N–H and O–H groups in total. The molecule has 0 unspecified atom stereocenters. The fourth-order valence-corrected chi connectivity index (χ4v) is 3.55. The van der Waals surface area contributed by atoms with Crippen molar-refractivity contribution in [1.82, 2.24) is 10.2 Å². The second kappa shape index (κ2) is 9.76. The largest absolute Gasteiger partial charge is 0.352 e. The van der Waals surface area contributed by atoms with E-state index in [9.17, 15) is 14.4 Å². The molecule has 0 radical (unpaired) electrons. The van der Waals surface area contributed by atoms with Gasteiger partial charge in [0.2, 0.25) is 5.91 Å². The first kappa shape index (κ1) is 21.8. The van der Waals surface area contributed by atoms with Crippen LogP contribution in [0.3, 0.4) is 0 Å². The van der Waals surface area contributed by atoms with Crippen LogP contribution in [0.1, 0.15) is 53.8 Å². The molecule has 0 aromatic heterocycles. The fraction of sp³-hybridized carbons (Fsp3) is 0.348. The van der Waals surface area contributed by atoms with Crippen LogP contribution in [0.25, 0.3) is 0 Å². The lowest BCUT2D eigenvalue weighted by atomic mass is 10.1. The van der Waals surface area contributed by atoms with Crippen molar-refractivity contribution >= 4 is 35.0 Å². The number of hydrogen-bond acceptors (Lipinski definition) is 3. The van der Waals surface area contributed by atoms with E-state index in [0.717, 1.165) is 12.8 Å². The van der Waals surface area contributed by atoms with Crippen LogP contribution in [0.4, 0.5) is 5.69 Å². The van der Waals surface area contributed by atoms with E-state index in [1.807, 2.05) is 13.8 Å². The predicted octanol–water partition coefficient (Wildman–Crippen LogP) is 4.11. The van der Waals surface area contributed by atoms with Gasteiger partial charge in [0.15, 0.2) is 0 Å². The van der Waals surface area contributed by atoms with Crippen molar-refractivity contribution in [2.45, 2.75) is 45.2 Å². The molecule has 0 bridgehead atoms. The third-order valence-corrected chi connectivity index (χ3v) is 5.54. The summed E-state index contributed by atoms with van der Waals surface area (Å²) in [5.74, 6) is -0.606. The number of carbonyl (C=O) groups is 3. The Labute approximate surface area is 181 Å². The first-order chi connectivity index (χ1) is 14.4. The Bertz CT molecular complexity index is 930.